The third kappa shape index (κ3) is 8.30. The van der Waals surface area contributed by atoms with Crippen LogP contribution < -0.4 is 21.3 Å². The van der Waals surface area contributed by atoms with Gasteiger partial charge in [0.2, 0.25) is 17.6 Å². The lowest BCUT2D eigenvalue weighted by Crippen LogP contribution is -2.63. The zero-order valence-electron chi connectivity index (χ0n) is 28.2. The summed E-state index contributed by atoms with van der Waals surface area (Å²) in [6.07, 6.45) is 8.43. The fourth-order valence-corrected chi connectivity index (χ4v) is 9.02. The number of sulfone groups is 1. The van der Waals surface area contributed by atoms with Crippen LogP contribution in [0.4, 0.5) is 4.79 Å². The summed E-state index contributed by atoms with van der Waals surface area (Å²) in [6.45, 7) is 13.6. The van der Waals surface area contributed by atoms with Gasteiger partial charge in [-0.25, -0.2) is 13.2 Å². The van der Waals surface area contributed by atoms with Gasteiger partial charge >= 0.3 is 6.03 Å². The number of hydrogen-bond acceptors (Lipinski definition) is 7. The number of fused-ring (bicyclic) bond motifs is 1. The number of likely N-dealkylation sites (tertiary alicyclic amines) is 1. The smallest absolute Gasteiger partial charge is 0.315 e. The molecule has 3 unspecified atom stereocenters. The van der Waals surface area contributed by atoms with Crippen molar-refractivity contribution in [2.24, 2.45) is 28.6 Å². The fourth-order valence-electron chi connectivity index (χ4n) is 7.66. The van der Waals surface area contributed by atoms with E-state index in [2.05, 4.69) is 41.7 Å². The van der Waals surface area contributed by atoms with E-state index in [0.29, 0.717) is 25.8 Å². The number of carbonyl (C=O) groups is 5. The Bertz CT molecular complexity index is 1340. The van der Waals surface area contributed by atoms with E-state index in [1.54, 1.807) is 0 Å². The van der Waals surface area contributed by atoms with Crippen LogP contribution in [0.5, 0.6) is 0 Å². The number of ketones is 1. The molecule has 4 aliphatic rings. The molecule has 5 amide bonds. The maximum atomic E-state index is 14.3. The minimum Gasteiger partial charge on any atom is -0.346 e. The predicted molar refractivity (Wildman–Crippen MR) is 174 cm³/mol. The van der Waals surface area contributed by atoms with Crippen molar-refractivity contribution in [3.8, 4) is 0 Å². The number of hydrogen-bond donors (Lipinski definition) is 4. The molecule has 12 nitrogen and oxygen atoms in total. The van der Waals surface area contributed by atoms with E-state index < -0.39 is 68.5 Å². The monoisotopic (exact) mass is 663 g/mol. The second kappa shape index (κ2) is 13.3. The van der Waals surface area contributed by atoms with Crippen LogP contribution >= 0.6 is 0 Å². The van der Waals surface area contributed by atoms with E-state index in [0.717, 1.165) is 38.4 Å². The molecule has 0 aromatic rings. The number of nitrogens with one attached hydrogen (secondary N) is 4. The Kier molecular flexibility index (Phi) is 10.4. The molecule has 5 atom stereocenters. The van der Waals surface area contributed by atoms with Gasteiger partial charge in [-0.1, -0.05) is 72.8 Å². The maximum Gasteiger partial charge on any atom is 0.315 e. The number of amides is 5. The van der Waals surface area contributed by atoms with Crippen LogP contribution in [0.1, 0.15) is 86.0 Å². The molecule has 13 heteroatoms. The minimum absolute atomic E-state index is 0.0652. The van der Waals surface area contributed by atoms with E-state index in [-0.39, 0.29) is 35.5 Å². The summed E-state index contributed by atoms with van der Waals surface area (Å²) in [4.78, 5) is 69.0. The van der Waals surface area contributed by atoms with Crippen LogP contribution in [0.2, 0.25) is 0 Å². The van der Waals surface area contributed by atoms with E-state index in [1.807, 2.05) is 20.8 Å². The normalized spacial score (nSPS) is 26.1. The van der Waals surface area contributed by atoms with Crippen molar-refractivity contribution in [3.05, 3.63) is 12.7 Å². The third-order valence-corrected chi connectivity index (χ3v) is 11.5. The zero-order valence-corrected chi connectivity index (χ0v) is 29.1. The summed E-state index contributed by atoms with van der Waals surface area (Å²) in [5.74, 6) is -2.41. The number of nitrogens with zero attached hydrogens (tertiary/aromatic N) is 1. The standard InChI is InChI=1S/C33H53N5O7S/c1-8-16-34-28(41)25(39)22(17-20-12-13-20)35-27(40)24-23-21(32(23,5)6)18-38(24)29(42)26(31(2,3)4)36-30(43)37-33(19-46(7,44)45)14-10-9-11-15-33/h8,20-24,26H,1,9-19H2,2-7H3,(H,34,41)(H,35,40)(H2,36,37,43)/t21?,22?,23?,24-,26+/m0/s1. The molecule has 0 aromatic heterocycles. The van der Waals surface area contributed by atoms with E-state index >= 15 is 0 Å². The van der Waals surface area contributed by atoms with E-state index in [9.17, 15) is 32.4 Å². The Balaban J connectivity index is 1.54. The van der Waals surface area contributed by atoms with Gasteiger partial charge in [-0.2, -0.15) is 0 Å². The van der Waals surface area contributed by atoms with Gasteiger partial charge in [0, 0.05) is 19.3 Å². The second-order valence-electron chi connectivity index (χ2n) is 15.8. The van der Waals surface area contributed by atoms with Crippen LogP contribution in [-0.4, -0.2) is 91.6 Å². The quantitative estimate of drug-likeness (QED) is 0.173. The molecular weight excluding hydrogens is 610 g/mol. The van der Waals surface area contributed by atoms with Gasteiger partial charge in [-0.15, -0.1) is 6.58 Å². The molecule has 258 valence electrons. The van der Waals surface area contributed by atoms with Gasteiger partial charge in [-0.3, -0.25) is 19.2 Å². The topological polar surface area (TPSA) is 171 Å². The van der Waals surface area contributed by atoms with Crippen LogP contribution in [0.15, 0.2) is 12.7 Å². The lowest BCUT2D eigenvalue weighted by atomic mass is 9.83. The first-order valence-corrected chi connectivity index (χ1v) is 18.7. The highest BCUT2D eigenvalue weighted by molar-refractivity contribution is 7.90. The molecule has 0 radical (unpaired) electrons. The summed E-state index contributed by atoms with van der Waals surface area (Å²) in [7, 11) is -3.39. The molecule has 0 spiro atoms. The average Bonchev–Trinajstić information content (AvgIpc) is 3.79. The van der Waals surface area contributed by atoms with Gasteiger partial charge in [0.25, 0.3) is 5.91 Å². The lowest BCUT2D eigenvalue weighted by molar-refractivity contribution is -0.145. The highest BCUT2D eigenvalue weighted by Crippen LogP contribution is 2.65. The molecule has 1 saturated heterocycles. The second-order valence-corrected chi connectivity index (χ2v) is 17.9. The molecule has 1 heterocycles. The first-order chi connectivity index (χ1) is 21.3. The van der Waals surface area contributed by atoms with Gasteiger partial charge in [0.15, 0.2) is 0 Å². The first kappa shape index (κ1) is 35.9. The number of urea groups is 1. The number of piperidine rings is 1. The SMILES string of the molecule is C=CCNC(=O)C(=O)C(CC1CC1)NC(=O)[C@@H]1C2C(CN1C(=O)[C@@H](NC(=O)NC1(CS(C)(=O)=O)CCCCC1)C(C)(C)C)C2(C)C. The van der Waals surface area contributed by atoms with Crippen LogP contribution in [-0.2, 0) is 29.0 Å². The Labute approximate surface area is 273 Å². The van der Waals surface area contributed by atoms with Crippen molar-refractivity contribution in [2.45, 2.75) is 110 Å². The molecule has 4 N–H and O–H groups in total. The molecule has 3 saturated carbocycles. The van der Waals surface area contributed by atoms with Crippen LogP contribution in [0.3, 0.4) is 0 Å². The van der Waals surface area contributed by atoms with Crippen molar-refractivity contribution in [2.75, 3.05) is 25.1 Å². The Morgan fingerprint density at radius 3 is 2.20 bits per heavy atom. The largest absolute Gasteiger partial charge is 0.346 e. The number of carbonyl (C=O) groups excluding carboxylic acids is 5. The summed E-state index contributed by atoms with van der Waals surface area (Å²) < 4.78 is 24.6. The molecule has 46 heavy (non-hydrogen) atoms. The van der Waals surface area contributed by atoms with E-state index in [1.165, 1.54) is 11.0 Å². The third-order valence-electron chi connectivity index (χ3n) is 10.4. The molecule has 1 aliphatic heterocycles. The Morgan fingerprint density at radius 1 is 1.02 bits per heavy atom. The summed E-state index contributed by atoms with van der Waals surface area (Å²) in [6, 6.07) is -3.52. The molecular formula is C33H53N5O7S. The minimum atomic E-state index is -3.39. The number of rotatable bonds is 13. The summed E-state index contributed by atoms with van der Waals surface area (Å²) in [5.41, 5.74) is -1.86. The van der Waals surface area contributed by atoms with Crippen molar-refractivity contribution >= 4 is 39.4 Å². The maximum absolute atomic E-state index is 14.3. The molecule has 0 aromatic carbocycles. The summed E-state index contributed by atoms with van der Waals surface area (Å²) in [5, 5.41) is 11.1. The van der Waals surface area contributed by atoms with Crippen molar-refractivity contribution in [1.82, 2.24) is 26.2 Å². The van der Waals surface area contributed by atoms with Gasteiger partial charge in [0.05, 0.1) is 17.3 Å². The lowest BCUT2D eigenvalue weighted by Gasteiger charge is -2.40. The molecule has 4 rings (SSSR count). The fraction of sp³-hybridized carbons (Fsp3) is 0.788. The molecule has 0 bridgehead atoms. The van der Waals surface area contributed by atoms with Gasteiger partial charge < -0.3 is 26.2 Å². The molecule has 3 aliphatic carbocycles. The van der Waals surface area contributed by atoms with Gasteiger partial charge in [-0.05, 0) is 47.8 Å². The molecule has 4 fully saturated rings. The van der Waals surface area contributed by atoms with Crippen molar-refractivity contribution in [1.29, 1.82) is 0 Å². The van der Waals surface area contributed by atoms with Crippen molar-refractivity contribution < 1.29 is 32.4 Å². The Morgan fingerprint density at radius 2 is 1.65 bits per heavy atom. The van der Waals surface area contributed by atoms with Crippen LogP contribution in [0, 0.1) is 28.6 Å². The zero-order chi connectivity index (χ0) is 34.2. The highest BCUT2D eigenvalue weighted by atomic mass is 32.2. The average molecular weight is 664 g/mol. The highest BCUT2D eigenvalue weighted by Gasteiger charge is 2.70. The van der Waals surface area contributed by atoms with E-state index in [4.69, 9.17) is 0 Å². The predicted octanol–water partition coefficient (Wildman–Crippen LogP) is 2.09. The van der Waals surface area contributed by atoms with Gasteiger partial charge in [0.1, 0.15) is 21.9 Å². The van der Waals surface area contributed by atoms with Crippen LogP contribution in [0.25, 0.3) is 0 Å². The number of Topliss-reactive ketones (excluding diaryl/α,β-unsaturated/α-hetero) is 1. The Hall–Kier alpha value is -2.96. The first-order valence-electron chi connectivity index (χ1n) is 16.6. The summed E-state index contributed by atoms with van der Waals surface area (Å²) >= 11 is 0. The van der Waals surface area contributed by atoms with Crippen molar-refractivity contribution in [3.63, 3.8) is 0 Å².